The van der Waals surface area contributed by atoms with Gasteiger partial charge in [0.05, 0.1) is 5.69 Å². The third-order valence-corrected chi connectivity index (χ3v) is 4.79. The Kier molecular flexibility index (Phi) is 3.38. The Hall–Kier alpha value is -1.62. The van der Waals surface area contributed by atoms with E-state index in [0.29, 0.717) is 39.6 Å². The lowest BCUT2D eigenvalue weighted by Gasteiger charge is -1.93. The van der Waals surface area contributed by atoms with Crippen molar-refractivity contribution in [3.8, 4) is 10.8 Å². The van der Waals surface area contributed by atoms with Gasteiger partial charge in [-0.25, -0.2) is 9.78 Å². The second-order valence-corrected chi connectivity index (χ2v) is 6.37. The van der Waals surface area contributed by atoms with Crippen molar-refractivity contribution in [2.24, 2.45) is 5.92 Å². The van der Waals surface area contributed by atoms with Crippen molar-refractivity contribution in [2.75, 3.05) is 0 Å². The van der Waals surface area contributed by atoms with E-state index in [1.54, 1.807) is 0 Å². The first-order valence-corrected chi connectivity index (χ1v) is 7.75. The van der Waals surface area contributed by atoms with Gasteiger partial charge in [-0.05, 0) is 30.9 Å². The minimum absolute atomic E-state index is 0.333. The minimum atomic E-state index is -0.903. The second-order valence-electron chi connectivity index (χ2n) is 5.37. The number of thiazole rings is 1. The summed E-state index contributed by atoms with van der Waals surface area (Å²) in [7, 11) is 0. The highest BCUT2D eigenvalue weighted by atomic mass is 32.1. The molecule has 2 aromatic rings. The van der Waals surface area contributed by atoms with Crippen molar-refractivity contribution in [2.45, 2.75) is 39.0 Å². The Balaban J connectivity index is 1.91. The van der Waals surface area contributed by atoms with Crippen molar-refractivity contribution >= 4 is 17.3 Å². The number of aromatic carboxylic acids is 1. The third kappa shape index (κ3) is 2.38. The van der Waals surface area contributed by atoms with Crippen LogP contribution in [0.3, 0.4) is 0 Å². The molecule has 0 aromatic carbocycles. The number of aromatic nitrogens is 1. The van der Waals surface area contributed by atoms with Crippen LogP contribution in [0.5, 0.6) is 0 Å². The average molecular weight is 291 g/mol. The summed E-state index contributed by atoms with van der Waals surface area (Å²) in [6, 6.07) is 3.89. The van der Waals surface area contributed by atoms with E-state index in [1.807, 2.05) is 19.1 Å². The van der Waals surface area contributed by atoms with Crippen LogP contribution in [0.15, 0.2) is 16.5 Å². The SMILES string of the molecule is CCCc1nc(-c2ccc(C3CC3C)o2)sc1C(=O)O. The zero-order valence-corrected chi connectivity index (χ0v) is 12.4. The van der Waals surface area contributed by atoms with Crippen molar-refractivity contribution in [3.05, 3.63) is 28.5 Å². The van der Waals surface area contributed by atoms with Gasteiger partial charge in [-0.3, -0.25) is 0 Å². The van der Waals surface area contributed by atoms with Crippen molar-refractivity contribution in [3.63, 3.8) is 0 Å². The topological polar surface area (TPSA) is 63.3 Å². The molecule has 2 unspecified atom stereocenters. The maximum Gasteiger partial charge on any atom is 0.347 e. The van der Waals surface area contributed by atoms with Gasteiger partial charge in [0, 0.05) is 5.92 Å². The number of nitrogens with zero attached hydrogens (tertiary/aromatic N) is 1. The first-order chi connectivity index (χ1) is 9.60. The molecule has 1 aliphatic carbocycles. The van der Waals surface area contributed by atoms with Gasteiger partial charge in [0.25, 0.3) is 0 Å². The molecule has 0 bridgehead atoms. The molecule has 4 nitrogen and oxygen atoms in total. The number of rotatable bonds is 5. The number of carbonyl (C=O) groups is 1. The fraction of sp³-hybridized carbons (Fsp3) is 0.467. The number of aryl methyl sites for hydroxylation is 1. The lowest BCUT2D eigenvalue weighted by molar-refractivity contribution is 0.0700. The van der Waals surface area contributed by atoms with E-state index < -0.39 is 5.97 Å². The van der Waals surface area contributed by atoms with Gasteiger partial charge in [-0.15, -0.1) is 11.3 Å². The van der Waals surface area contributed by atoms with E-state index in [1.165, 1.54) is 17.8 Å². The molecule has 20 heavy (non-hydrogen) atoms. The summed E-state index contributed by atoms with van der Waals surface area (Å²) in [4.78, 5) is 16.0. The fourth-order valence-corrected chi connectivity index (χ4v) is 3.33. The van der Waals surface area contributed by atoms with Gasteiger partial charge in [0.15, 0.2) is 10.8 Å². The summed E-state index contributed by atoms with van der Waals surface area (Å²) in [6.45, 7) is 4.22. The molecule has 2 atom stereocenters. The lowest BCUT2D eigenvalue weighted by Crippen LogP contribution is -1.98. The molecule has 0 radical (unpaired) electrons. The standard InChI is InChI=1S/C15H17NO3S/c1-3-4-10-13(15(17)18)20-14(16-10)12-6-5-11(19-12)9-7-8(9)2/h5-6,8-9H,3-4,7H2,1-2H3,(H,17,18). The molecule has 2 aromatic heterocycles. The summed E-state index contributed by atoms with van der Waals surface area (Å²) in [5.74, 6) is 2.00. The molecule has 2 heterocycles. The number of furan rings is 1. The minimum Gasteiger partial charge on any atom is -0.477 e. The van der Waals surface area contributed by atoms with Gasteiger partial charge < -0.3 is 9.52 Å². The summed E-state index contributed by atoms with van der Waals surface area (Å²) >= 11 is 1.20. The van der Waals surface area contributed by atoms with Crippen molar-refractivity contribution in [1.29, 1.82) is 0 Å². The fourth-order valence-electron chi connectivity index (χ4n) is 2.42. The molecule has 106 valence electrons. The van der Waals surface area contributed by atoms with Crippen LogP contribution in [-0.2, 0) is 6.42 Å². The zero-order chi connectivity index (χ0) is 14.3. The van der Waals surface area contributed by atoms with Gasteiger partial charge >= 0.3 is 5.97 Å². The molecule has 1 N–H and O–H groups in total. The Labute approximate surface area is 121 Å². The van der Waals surface area contributed by atoms with Crippen molar-refractivity contribution in [1.82, 2.24) is 4.98 Å². The molecular weight excluding hydrogens is 274 g/mol. The lowest BCUT2D eigenvalue weighted by atomic mass is 10.2. The quantitative estimate of drug-likeness (QED) is 0.897. The zero-order valence-electron chi connectivity index (χ0n) is 11.5. The molecule has 0 spiro atoms. The molecule has 0 aliphatic heterocycles. The highest BCUT2D eigenvalue weighted by molar-refractivity contribution is 7.16. The average Bonchev–Trinajstić information content (AvgIpc) is 2.83. The summed E-state index contributed by atoms with van der Waals surface area (Å²) < 4.78 is 5.85. The van der Waals surface area contributed by atoms with Gasteiger partial charge in [-0.1, -0.05) is 20.3 Å². The molecular formula is C15H17NO3S. The molecule has 3 rings (SSSR count). The maximum atomic E-state index is 11.2. The van der Waals surface area contributed by atoms with E-state index in [-0.39, 0.29) is 0 Å². The summed E-state index contributed by atoms with van der Waals surface area (Å²) in [5, 5.41) is 9.90. The Morgan fingerprint density at radius 1 is 1.55 bits per heavy atom. The predicted molar refractivity (Wildman–Crippen MR) is 77.3 cm³/mol. The van der Waals surface area contributed by atoms with E-state index in [2.05, 4.69) is 11.9 Å². The number of hydrogen-bond donors (Lipinski definition) is 1. The molecule has 1 aliphatic rings. The normalized spacial score (nSPS) is 21.1. The van der Waals surface area contributed by atoms with Crippen LogP contribution < -0.4 is 0 Å². The molecule has 1 saturated carbocycles. The van der Waals surface area contributed by atoms with Crippen LogP contribution in [0, 0.1) is 5.92 Å². The van der Waals surface area contributed by atoms with E-state index in [4.69, 9.17) is 4.42 Å². The monoisotopic (exact) mass is 291 g/mol. The van der Waals surface area contributed by atoms with Crippen LogP contribution in [0.25, 0.3) is 10.8 Å². The first kappa shape index (κ1) is 13.4. The highest BCUT2D eigenvalue weighted by Crippen LogP contribution is 2.48. The van der Waals surface area contributed by atoms with Crippen LogP contribution in [0.4, 0.5) is 0 Å². The summed E-state index contributed by atoms with van der Waals surface area (Å²) in [5.41, 5.74) is 0.665. The smallest absolute Gasteiger partial charge is 0.347 e. The largest absolute Gasteiger partial charge is 0.477 e. The maximum absolute atomic E-state index is 11.2. The van der Waals surface area contributed by atoms with E-state index >= 15 is 0 Å². The second kappa shape index (κ2) is 5.05. The molecule has 0 amide bonds. The Morgan fingerprint density at radius 3 is 2.90 bits per heavy atom. The number of hydrogen-bond acceptors (Lipinski definition) is 4. The highest BCUT2D eigenvalue weighted by Gasteiger charge is 2.36. The molecule has 1 fully saturated rings. The Bertz CT molecular complexity index is 643. The number of carboxylic acids is 1. The van der Waals surface area contributed by atoms with Gasteiger partial charge in [0.1, 0.15) is 10.6 Å². The van der Waals surface area contributed by atoms with Crippen LogP contribution in [0.2, 0.25) is 0 Å². The molecule has 0 saturated heterocycles. The van der Waals surface area contributed by atoms with Gasteiger partial charge in [-0.2, -0.15) is 0 Å². The van der Waals surface area contributed by atoms with E-state index in [0.717, 1.165) is 12.2 Å². The van der Waals surface area contributed by atoms with Gasteiger partial charge in [0.2, 0.25) is 0 Å². The van der Waals surface area contributed by atoms with Crippen LogP contribution in [0.1, 0.15) is 53.7 Å². The van der Waals surface area contributed by atoms with E-state index in [9.17, 15) is 9.90 Å². The Morgan fingerprint density at radius 2 is 2.30 bits per heavy atom. The third-order valence-electron chi connectivity index (χ3n) is 3.69. The van der Waals surface area contributed by atoms with Crippen LogP contribution in [-0.4, -0.2) is 16.1 Å². The first-order valence-electron chi connectivity index (χ1n) is 6.93. The molecule has 5 heteroatoms. The summed E-state index contributed by atoms with van der Waals surface area (Å²) in [6.07, 6.45) is 2.74. The predicted octanol–water partition coefficient (Wildman–Crippen LogP) is 4.18. The van der Waals surface area contributed by atoms with Crippen LogP contribution >= 0.6 is 11.3 Å². The van der Waals surface area contributed by atoms with Crippen molar-refractivity contribution < 1.29 is 14.3 Å². The number of carboxylic acid groups (broad SMARTS) is 1.